The number of aliphatic hydroxyl groups is 1. The average molecular weight is 244 g/mol. The van der Waals surface area contributed by atoms with Gasteiger partial charge in [-0.15, -0.1) is 0 Å². The third kappa shape index (κ3) is 4.52. The van der Waals surface area contributed by atoms with Gasteiger partial charge in [-0.1, -0.05) is 0 Å². The lowest BCUT2D eigenvalue weighted by Gasteiger charge is -2.40. The summed E-state index contributed by atoms with van der Waals surface area (Å²) in [5.41, 5.74) is -0.445. The predicted molar refractivity (Wildman–Crippen MR) is 65.9 cm³/mol. The van der Waals surface area contributed by atoms with Gasteiger partial charge in [-0.25, -0.2) is 4.79 Å². The van der Waals surface area contributed by atoms with Crippen molar-refractivity contribution in [2.24, 2.45) is 0 Å². The highest BCUT2D eigenvalue weighted by Crippen LogP contribution is 2.15. The molecule has 0 unspecified atom stereocenters. The van der Waals surface area contributed by atoms with Crippen LogP contribution in [0, 0.1) is 0 Å². The Kier molecular flexibility index (Phi) is 4.77. The van der Waals surface area contributed by atoms with Gasteiger partial charge in [0.05, 0.1) is 6.61 Å². The van der Waals surface area contributed by atoms with Crippen molar-refractivity contribution in [2.45, 2.75) is 39.3 Å². The van der Waals surface area contributed by atoms with Crippen LogP contribution >= 0.6 is 0 Å². The van der Waals surface area contributed by atoms with Gasteiger partial charge in [0.2, 0.25) is 0 Å². The number of hydrogen-bond donors (Lipinski definition) is 1. The summed E-state index contributed by atoms with van der Waals surface area (Å²) >= 11 is 0. The molecule has 1 amide bonds. The van der Waals surface area contributed by atoms with Crippen LogP contribution in [0.5, 0.6) is 0 Å². The number of amides is 1. The van der Waals surface area contributed by atoms with Crippen LogP contribution in [0.2, 0.25) is 0 Å². The smallest absolute Gasteiger partial charge is 0.410 e. The van der Waals surface area contributed by atoms with Gasteiger partial charge in [-0.2, -0.15) is 0 Å². The number of rotatable bonds is 2. The monoisotopic (exact) mass is 244 g/mol. The van der Waals surface area contributed by atoms with Gasteiger partial charge in [0.1, 0.15) is 5.60 Å². The first kappa shape index (κ1) is 14.3. The summed E-state index contributed by atoms with van der Waals surface area (Å²) in [6.07, 6.45) is -0.242. The zero-order valence-corrected chi connectivity index (χ0v) is 11.3. The highest BCUT2D eigenvalue weighted by atomic mass is 16.6. The first-order valence-corrected chi connectivity index (χ1v) is 6.16. The van der Waals surface area contributed by atoms with E-state index in [2.05, 4.69) is 4.90 Å². The highest BCUT2D eigenvalue weighted by molar-refractivity contribution is 5.68. The molecule has 0 spiro atoms. The number of aliphatic hydroxyl groups excluding tert-OH is 1. The maximum absolute atomic E-state index is 11.9. The molecule has 17 heavy (non-hydrogen) atoms. The zero-order valence-electron chi connectivity index (χ0n) is 11.3. The second-order valence-electron chi connectivity index (χ2n) is 5.55. The van der Waals surface area contributed by atoms with Gasteiger partial charge in [0, 0.05) is 32.2 Å². The zero-order chi connectivity index (χ0) is 13.1. The first-order chi connectivity index (χ1) is 7.83. The number of carbonyl (C=O) groups is 1. The molecule has 0 saturated carbocycles. The average Bonchev–Trinajstić information content (AvgIpc) is 2.15. The van der Waals surface area contributed by atoms with Gasteiger partial charge >= 0.3 is 6.09 Å². The second kappa shape index (κ2) is 5.69. The molecule has 1 saturated heterocycles. The molecule has 0 aromatic heterocycles. The molecule has 1 atom stereocenters. The van der Waals surface area contributed by atoms with Crippen molar-refractivity contribution in [1.29, 1.82) is 0 Å². The molecular weight excluding hydrogens is 220 g/mol. The van der Waals surface area contributed by atoms with E-state index in [9.17, 15) is 4.79 Å². The number of hydrogen-bond acceptors (Lipinski definition) is 4. The molecule has 100 valence electrons. The Morgan fingerprint density at radius 3 is 2.53 bits per heavy atom. The third-order valence-electron chi connectivity index (χ3n) is 2.76. The van der Waals surface area contributed by atoms with Crippen LogP contribution in [0.1, 0.15) is 27.7 Å². The second-order valence-corrected chi connectivity index (χ2v) is 5.55. The maximum Gasteiger partial charge on any atom is 0.410 e. The van der Waals surface area contributed by atoms with E-state index in [-0.39, 0.29) is 18.7 Å². The summed E-state index contributed by atoms with van der Waals surface area (Å²) < 4.78 is 5.36. The van der Waals surface area contributed by atoms with Crippen molar-refractivity contribution in [3.63, 3.8) is 0 Å². The van der Waals surface area contributed by atoms with E-state index in [4.69, 9.17) is 9.84 Å². The van der Waals surface area contributed by atoms with E-state index in [1.54, 1.807) is 4.90 Å². The standard InChI is InChI=1S/C12H24N2O3/c1-10-9-13(7-8-15)5-6-14(10)11(16)17-12(2,3)4/h10,15H,5-9H2,1-4H3/t10-/m1/s1. The van der Waals surface area contributed by atoms with Crippen LogP contribution < -0.4 is 0 Å². The van der Waals surface area contributed by atoms with Crippen molar-refractivity contribution in [2.75, 3.05) is 32.8 Å². The predicted octanol–water partition coefficient (Wildman–Crippen LogP) is 0.920. The fourth-order valence-corrected chi connectivity index (χ4v) is 1.97. The quantitative estimate of drug-likeness (QED) is 0.785. The Morgan fingerprint density at radius 1 is 1.41 bits per heavy atom. The van der Waals surface area contributed by atoms with Crippen molar-refractivity contribution < 1.29 is 14.6 Å². The van der Waals surface area contributed by atoms with Crippen LogP contribution in [0.15, 0.2) is 0 Å². The SMILES string of the molecule is C[C@@H]1CN(CCO)CCN1C(=O)OC(C)(C)C. The van der Waals surface area contributed by atoms with E-state index in [0.29, 0.717) is 13.1 Å². The Labute approximate surface area is 103 Å². The molecule has 5 nitrogen and oxygen atoms in total. The fraction of sp³-hybridized carbons (Fsp3) is 0.917. The topological polar surface area (TPSA) is 53.0 Å². The van der Waals surface area contributed by atoms with Crippen LogP contribution in [-0.4, -0.2) is 65.4 Å². The number of nitrogens with zero attached hydrogens (tertiary/aromatic N) is 2. The van der Waals surface area contributed by atoms with E-state index >= 15 is 0 Å². The summed E-state index contributed by atoms with van der Waals surface area (Å²) in [5, 5.41) is 8.89. The summed E-state index contributed by atoms with van der Waals surface area (Å²) in [7, 11) is 0. The van der Waals surface area contributed by atoms with Crippen LogP contribution in [-0.2, 0) is 4.74 Å². The number of ether oxygens (including phenoxy) is 1. The molecule has 1 aliphatic rings. The van der Waals surface area contributed by atoms with Crippen molar-refractivity contribution >= 4 is 6.09 Å². The van der Waals surface area contributed by atoms with E-state index in [1.165, 1.54) is 0 Å². The summed E-state index contributed by atoms with van der Waals surface area (Å²) in [6.45, 7) is 10.7. The summed E-state index contributed by atoms with van der Waals surface area (Å²) in [6, 6.07) is 0.130. The van der Waals surface area contributed by atoms with Crippen LogP contribution in [0.3, 0.4) is 0 Å². The Bertz CT molecular complexity index is 263. The minimum atomic E-state index is -0.445. The van der Waals surface area contributed by atoms with E-state index in [0.717, 1.165) is 13.1 Å². The molecule has 0 radical (unpaired) electrons. The van der Waals surface area contributed by atoms with Gasteiger partial charge < -0.3 is 14.7 Å². The van der Waals surface area contributed by atoms with Gasteiger partial charge in [-0.05, 0) is 27.7 Å². The van der Waals surface area contributed by atoms with Crippen molar-refractivity contribution in [3.8, 4) is 0 Å². The Morgan fingerprint density at radius 2 is 2.06 bits per heavy atom. The maximum atomic E-state index is 11.9. The molecule has 0 aromatic rings. The Balaban J connectivity index is 2.49. The largest absolute Gasteiger partial charge is 0.444 e. The number of piperazine rings is 1. The minimum absolute atomic E-state index is 0.130. The molecule has 1 heterocycles. The highest BCUT2D eigenvalue weighted by Gasteiger charge is 2.30. The molecule has 1 rings (SSSR count). The molecule has 0 aromatic carbocycles. The van der Waals surface area contributed by atoms with Crippen molar-refractivity contribution in [1.82, 2.24) is 9.80 Å². The normalized spacial score (nSPS) is 22.6. The summed E-state index contributed by atoms with van der Waals surface area (Å²) in [5.74, 6) is 0. The molecule has 1 fully saturated rings. The molecule has 1 N–H and O–H groups in total. The number of carbonyl (C=O) groups excluding carboxylic acids is 1. The van der Waals surface area contributed by atoms with Gasteiger partial charge in [-0.3, -0.25) is 4.90 Å². The third-order valence-corrected chi connectivity index (χ3v) is 2.76. The molecule has 5 heteroatoms. The van der Waals surface area contributed by atoms with Crippen molar-refractivity contribution in [3.05, 3.63) is 0 Å². The Hall–Kier alpha value is -0.810. The lowest BCUT2D eigenvalue weighted by Crippen LogP contribution is -2.55. The van der Waals surface area contributed by atoms with Crippen LogP contribution in [0.25, 0.3) is 0 Å². The van der Waals surface area contributed by atoms with E-state index in [1.807, 2.05) is 27.7 Å². The van der Waals surface area contributed by atoms with Gasteiger partial charge in [0.25, 0.3) is 0 Å². The lowest BCUT2D eigenvalue weighted by atomic mass is 10.2. The van der Waals surface area contributed by atoms with E-state index < -0.39 is 5.60 Å². The summed E-state index contributed by atoms with van der Waals surface area (Å²) in [4.78, 5) is 15.8. The fourth-order valence-electron chi connectivity index (χ4n) is 1.97. The molecular formula is C12H24N2O3. The van der Waals surface area contributed by atoms with Crippen LogP contribution in [0.4, 0.5) is 4.79 Å². The molecule has 0 aliphatic carbocycles. The number of β-amino-alcohol motifs (C(OH)–C–C–N with tert-alkyl or cyclic N) is 1. The van der Waals surface area contributed by atoms with Gasteiger partial charge in [0.15, 0.2) is 0 Å². The molecule has 0 bridgehead atoms. The lowest BCUT2D eigenvalue weighted by molar-refractivity contribution is 0.0000298. The molecule has 1 aliphatic heterocycles. The first-order valence-electron chi connectivity index (χ1n) is 6.16. The minimum Gasteiger partial charge on any atom is -0.444 e.